The number of nitrogens with zero attached hydrogens (tertiary/aromatic N) is 3. The molecule has 202 valence electrons. The Morgan fingerprint density at radius 2 is 1.64 bits per heavy atom. The van der Waals surface area contributed by atoms with Gasteiger partial charge in [-0.05, 0) is 43.7 Å². The van der Waals surface area contributed by atoms with Crippen molar-refractivity contribution in [1.82, 2.24) is 0 Å². The molecule has 12 nitrogen and oxygen atoms in total. The summed E-state index contributed by atoms with van der Waals surface area (Å²) in [6.45, 7) is 1.68. The highest BCUT2D eigenvalue weighted by Gasteiger charge is 2.20. The highest BCUT2D eigenvalue weighted by atomic mass is 79.9. The van der Waals surface area contributed by atoms with Gasteiger partial charge in [0.25, 0.3) is 5.69 Å². The van der Waals surface area contributed by atoms with Crippen molar-refractivity contribution in [1.29, 1.82) is 0 Å². The molecule has 0 aliphatic rings. The van der Waals surface area contributed by atoms with Crippen LogP contribution in [0.2, 0.25) is 0 Å². The van der Waals surface area contributed by atoms with Gasteiger partial charge in [-0.2, -0.15) is 5.10 Å². The van der Waals surface area contributed by atoms with Crippen molar-refractivity contribution in [2.24, 2.45) is 5.10 Å². The minimum absolute atomic E-state index is 0.00378. The second-order valence-corrected chi connectivity index (χ2v) is 9.24. The van der Waals surface area contributed by atoms with E-state index in [2.05, 4.69) is 31.8 Å². The molecule has 0 heterocycles. The van der Waals surface area contributed by atoms with Crippen molar-refractivity contribution >= 4 is 56.3 Å². The molecule has 0 aliphatic heterocycles. The van der Waals surface area contributed by atoms with Gasteiger partial charge in [0, 0.05) is 34.6 Å². The molecule has 3 aromatic rings. The van der Waals surface area contributed by atoms with E-state index < -0.39 is 27.2 Å². The van der Waals surface area contributed by atoms with E-state index in [1.807, 2.05) is 19.1 Å². The third-order valence-corrected chi connectivity index (χ3v) is 5.90. The summed E-state index contributed by atoms with van der Waals surface area (Å²) in [4.78, 5) is 45.4. The summed E-state index contributed by atoms with van der Waals surface area (Å²) in [5, 5.41) is 29.3. The van der Waals surface area contributed by atoms with Gasteiger partial charge in [-0.25, -0.2) is 0 Å². The number of esters is 1. The van der Waals surface area contributed by atoms with Crippen LogP contribution in [0.5, 0.6) is 0 Å². The first kappa shape index (κ1) is 28.9. The van der Waals surface area contributed by atoms with E-state index in [0.717, 1.165) is 22.2 Å². The van der Waals surface area contributed by atoms with Gasteiger partial charge in [-0.15, -0.1) is 0 Å². The predicted octanol–water partition coefficient (Wildman–Crippen LogP) is 5.74. The Balaban J connectivity index is 1.63. The standard InChI is InChI=1S/C26H24BrN5O7/c1-17-5-11-20(12-6-17)28-25(33)3-2-4-26(34)39-16-23(18-7-9-19(27)10-8-18)30-29-22-14-13-21(31(35)36)15-24(22)32(37)38/h5-15,29H,2-4,16H2,1H3,(H,28,33)/b30-23+. The molecule has 0 radical (unpaired) electrons. The summed E-state index contributed by atoms with van der Waals surface area (Å²) in [7, 11) is 0. The van der Waals surface area contributed by atoms with Crippen LogP contribution in [0.15, 0.2) is 76.3 Å². The number of ether oxygens (including phenoxy) is 1. The molecule has 0 aliphatic carbocycles. The highest BCUT2D eigenvalue weighted by molar-refractivity contribution is 9.10. The van der Waals surface area contributed by atoms with Crippen LogP contribution in [0.4, 0.5) is 22.7 Å². The van der Waals surface area contributed by atoms with E-state index in [-0.39, 0.29) is 43.2 Å². The molecular weight excluding hydrogens is 574 g/mol. The van der Waals surface area contributed by atoms with Crippen LogP contribution in [0.3, 0.4) is 0 Å². The Kier molecular flexibility index (Phi) is 10.2. The Labute approximate surface area is 231 Å². The quantitative estimate of drug-likeness (QED) is 0.115. The molecule has 0 saturated heterocycles. The number of carbonyl (C=O) groups is 2. The zero-order chi connectivity index (χ0) is 28.4. The molecule has 0 saturated carbocycles. The highest BCUT2D eigenvalue weighted by Crippen LogP contribution is 2.29. The van der Waals surface area contributed by atoms with Gasteiger partial charge in [0.05, 0.1) is 15.9 Å². The first-order valence-corrected chi connectivity index (χ1v) is 12.4. The molecule has 2 N–H and O–H groups in total. The van der Waals surface area contributed by atoms with Crippen LogP contribution >= 0.6 is 15.9 Å². The van der Waals surface area contributed by atoms with Crippen molar-refractivity contribution < 1.29 is 24.2 Å². The van der Waals surface area contributed by atoms with Gasteiger partial charge < -0.3 is 10.1 Å². The zero-order valence-electron chi connectivity index (χ0n) is 20.8. The molecule has 0 fully saturated rings. The maximum atomic E-state index is 12.3. The van der Waals surface area contributed by atoms with E-state index in [4.69, 9.17) is 4.74 Å². The minimum Gasteiger partial charge on any atom is -0.459 e. The number of non-ortho nitro benzene ring substituents is 1. The summed E-state index contributed by atoms with van der Waals surface area (Å²) in [6, 6.07) is 17.4. The van der Waals surface area contributed by atoms with E-state index in [9.17, 15) is 29.8 Å². The van der Waals surface area contributed by atoms with E-state index in [1.165, 1.54) is 6.07 Å². The topological polar surface area (TPSA) is 166 Å². The number of carbonyl (C=O) groups excluding carboxylic acids is 2. The molecule has 0 bridgehead atoms. The van der Waals surface area contributed by atoms with Crippen LogP contribution in [-0.4, -0.2) is 34.0 Å². The SMILES string of the molecule is Cc1ccc(NC(=O)CCCC(=O)OC/C(=N\Nc2ccc([N+](=O)[O-])cc2[N+](=O)[O-])c2ccc(Br)cc2)cc1. The zero-order valence-corrected chi connectivity index (χ0v) is 22.3. The second-order valence-electron chi connectivity index (χ2n) is 8.32. The van der Waals surface area contributed by atoms with Gasteiger partial charge in [0.2, 0.25) is 5.91 Å². The lowest BCUT2D eigenvalue weighted by Crippen LogP contribution is -2.17. The van der Waals surface area contributed by atoms with E-state index in [1.54, 1.807) is 36.4 Å². The number of anilines is 2. The third kappa shape index (κ3) is 9.00. The smallest absolute Gasteiger partial charge is 0.306 e. The van der Waals surface area contributed by atoms with E-state index in [0.29, 0.717) is 11.3 Å². The van der Waals surface area contributed by atoms with Crippen molar-refractivity contribution in [2.75, 3.05) is 17.3 Å². The number of amides is 1. The lowest BCUT2D eigenvalue weighted by Gasteiger charge is -2.10. The number of rotatable bonds is 12. The maximum Gasteiger partial charge on any atom is 0.306 e. The summed E-state index contributed by atoms with van der Waals surface area (Å²) in [5.74, 6) is -0.776. The molecular formula is C26H24BrN5O7. The fraction of sp³-hybridized carbons (Fsp3) is 0.192. The summed E-state index contributed by atoms with van der Waals surface area (Å²) < 4.78 is 6.14. The summed E-state index contributed by atoms with van der Waals surface area (Å²) in [5.41, 5.74) is 4.06. The van der Waals surface area contributed by atoms with Crippen LogP contribution in [0.1, 0.15) is 30.4 Å². The molecule has 3 aromatic carbocycles. The van der Waals surface area contributed by atoms with Gasteiger partial charge in [0.15, 0.2) is 0 Å². The molecule has 0 spiro atoms. The van der Waals surface area contributed by atoms with Crippen molar-refractivity contribution in [3.05, 3.63) is 103 Å². The predicted molar refractivity (Wildman–Crippen MR) is 149 cm³/mol. The number of nitrogens with one attached hydrogen (secondary N) is 2. The molecule has 3 rings (SSSR count). The van der Waals surface area contributed by atoms with Gasteiger partial charge in [-0.3, -0.25) is 35.2 Å². The average Bonchev–Trinajstić information content (AvgIpc) is 2.90. The molecule has 0 atom stereocenters. The Morgan fingerprint density at radius 3 is 2.28 bits per heavy atom. The number of benzene rings is 3. The molecule has 0 aromatic heterocycles. The Hall–Kier alpha value is -4.65. The lowest BCUT2D eigenvalue weighted by molar-refractivity contribution is -0.393. The first-order valence-electron chi connectivity index (χ1n) is 11.7. The first-order chi connectivity index (χ1) is 18.6. The second kappa shape index (κ2) is 13.8. The minimum atomic E-state index is -0.765. The number of hydrogen-bond donors (Lipinski definition) is 2. The third-order valence-electron chi connectivity index (χ3n) is 5.37. The average molecular weight is 598 g/mol. The van der Waals surface area contributed by atoms with Crippen molar-refractivity contribution in [3.63, 3.8) is 0 Å². The number of hydrogen-bond acceptors (Lipinski definition) is 9. The normalized spacial score (nSPS) is 11.0. The van der Waals surface area contributed by atoms with Gasteiger partial charge in [0.1, 0.15) is 18.0 Å². The van der Waals surface area contributed by atoms with Crippen LogP contribution in [0.25, 0.3) is 0 Å². The largest absolute Gasteiger partial charge is 0.459 e. The monoisotopic (exact) mass is 597 g/mol. The molecule has 39 heavy (non-hydrogen) atoms. The fourth-order valence-electron chi connectivity index (χ4n) is 3.30. The fourth-order valence-corrected chi connectivity index (χ4v) is 3.57. The van der Waals surface area contributed by atoms with Crippen LogP contribution < -0.4 is 10.7 Å². The number of nitro groups is 2. The number of hydrazone groups is 1. The summed E-state index contributed by atoms with van der Waals surface area (Å²) >= 11 is 3.34. The molecule has 1 amide bonds. The van der Waals surface area contributed by atoms with Gasteiger partial charge >= 0.3 is 11.7 Å². The number of halogens is 1. The van der Waals surface area contributed by atoms with Gasteiger partial charge in [-0.1, -0.05) is 45.8 Å². The van der Waals surface area contributed by atoms with Crippen molar-refractivity contribution in [2.45, 2.75) is 26.2 Å². The molecule has 0 unspecified atom stereocenters. The molecule has 13 heteroatoms. The maximum absolute atomic E-state index is 12.3. The summed E-state index contributed by atoms with van der Waals surface area (Å²) in [6.07, 6.45) is 0.396. The lowest BCUT2D eigenvalue weighted by atomic mass is 10.1. The Morgan fingerprint density at radius 1 is 0.949 bits per heavy atom. The Bertz CT molecular complexity index is 1390. The van der Waals surface area contributed by atoms with Crippen LogP contribution in [-0.2, 0) is 14.3 Å². The number of aryl methyl sites for hydroxylation is 1. The van der Waals surface area contributed by atoms with Crippen LogP contribution in [0, 0.1) is 27.2 Å². The van der Waals surface area contributed by atoms with Crippen molar-refractivity contribution in [3.8, 4) is 0 Å². The van der Waals surface area contributed by atoms with E-state index >= 15 is 0 Å². The number of nitro benzene ring substituents is 2.